The summed E-state index contributed by atoms with van der Waals surface area (Å²) >= 11 is 0. The summed E-state index contributed by atoms with van der Waals surface area (Å²) in [6, 6.07) is 31.2. The lowest BCUT2D eigenvalue weighted by Gasteiger charge is -2.35. The summed E-state index contributed by atoms with van der Waals surface area (Å²) in [6.45, 7) is 0. The number of nitriles is 1. The van der Waals surface area contributed by atoms with Gasteiger partial charge in [-0.15, -0.1) is 0 Å². The number of H-pyrrole nitrogens is 1. The SMILES string of the molecule is N#CCc1ccccc1C(c1ccccc1)(c1ccccc1)c1ncc[nH]1. The monoisotopic (exact) mass is 349 g/mol. The summed E-state index contributed by atoms with van der Waals surface area (Å²) in [5.74, 6) is 0.838. The fraction of sp³-hybridized carbons (Fsp3) is 0.0833. The highest BCUT2D eigenvalue weighted by molar-refractivity contribution is 5.58. The average Bonchev–Trinajstić information content (AvgIpc) is 3.27. The number of rotatable bonds is 5. The van der Waals surface area contributed by atoms with E-state index in [1.807, 2.05) is 60.8 Å². The van der Waals surface area contributed by atoms with Crippen LogP contribution in [0.1, 0.15) is 28.1 Å². The number of hydrogen-bond donors (Lipinski definition) is 1. The number of imidazole rings is 1. The van der Waals surface area contributed by atoms with Gasteiger partial charge in [-0.1, -0.05) is 84.9 Å². The van der Waals surface area contributed by atoms with Crippen molar-refractivity contribution in [1.29, 1.82) is 5.26 Å². The third kappa shape index (κ3) is 2.82. The van der Waals surface area contributed by atoms with Crippen molar-refractivity contribution in [3.8, 4) is 6.07 Å². The molecule has 27 heavy (non-hydrogen) atoms. The smallest absolute Gasteiger partial charge is 0.125 e. The largest absolute Gasteiger partial charge is 0.347 e. The van der Waals surface area contributed by atoms with Crippen molar-refractivity contribution < 1.29 is 0 Å². The molecule has 0 atom stereocenters. The van der Waals surface area contributed by atoms with Gasteiger partial charge in [0.2, 0.25) is 0 Å². The van der Waals surface area contributed by atoms with Crippen LogP contribution in [0.2, 0.25) is 0 Å². The van der Waals surface area contributed by atoms with Gasteiger partial charge in [0.1, 0.15) is 11.2 Å². The topological polar surface area (TPSA) is 52.5 Å². The molecule has 0 bridgehead atoms. The molecule has 0 spiro atoms. The molecule has 3 aromatic carbocycles. The second-order valence-electron chi connectivity index (χ2n) is 6.41. The predicted octanol–water partition coefficient (Wildman–Crippen LogP) is 4.86. The summed E-state index contributed by atoms with van der Waals surface area (Å²) in [4.78, 5) is 8.03. The first kappa shape index (κ1) is 16.8. The van der Waals surface area contributed by atoms with Gasteiger partial charge in [0.25, 0.3) is 0 Å². The van der Waals surface area contributed by atoms with Crippen molar-refractivity contribution in [1.82, 2.24) is 9.97 Å². The molecule has 0 unspecified atom stereocenters. The van der Waals surface area contributed by atoms with Crippen molar-refractivity contribution in [3.05, 3.63) is 125 Å². The number of hydrogen-bond acceptors (Lipinski definition) is 2. The molecule has 1 aromatic heterocycles. The molecule has 0 fully saturated rings. The Bertz CT molecular complexity index is 1010. The Kier molecular flexibility index (Phi) is 4.55. The molecule has 0 aliphatic heterocycles. The molecule has 1 heterocycles. The number of nitrogens with one attached hydrogen (secondary N) is 1. The summed E-state index contributed by atoms with van der Waals surface area (Å²) in [5.41, 5.74) is 3.66. The Labute approximate surface area is 159 Å². The van der Waals surface area contributed by atoms with Gasteiger partial charge in [0.15, 0.2) is 0 Å². The van der Waals surface area contributed by atoms with Crippen molar-refractivity contribution in [3.63, 3.8) is 0 Å². The third-order valence-electron chi connectivity index (χ3n) is 4.96. The number of aromatic nitrogens is 2. The van der Waals surface area contributed by atoms with Crippen molar-refractivity contribution in [2.75, 3.05) is 0 Å². The van der Waals surface area contributed by atoms with Gasteiger partial charge in [-0.05, 0) is 22.3 Å². The minimum atomic E-state index is -0.626. The van der Waals surface area contributed by atoms with Crippen molar-refractivity contribution >= 4 is 0 Å². The van der Waals surface area contributed by atoms with E-state index in [-0.39, 0.29) is 0 Å². The van der Waals surface area contributed by atoms with Crippen LogP contribution in [0.3, 0.4) is 0 Å². The zero-order valence-electron chi connectivity index (χ0n) is 14.8. The van der Waals surface area contributed by atoms with Crippen LogP contribution in [0.4, 0.5) is 0 Å². The van der Waals surface area contributed by atoms with Gasteiger partial charge in [0.05, 0.1) is 12.5 Å². The lowest BCUT2D eigenvalue weighted by atomic mass is 9.67. The lowest BCUT2D eigenvalue weighted by molar-refractivity contribution is 0.685. The maximum absolute atomic E-state index is 9.41. The fourth-order valence-electron chi connectivity index (χ4n) is 3.85. The zero-order valence-corrected chi connectivity index (χ0v) is 14.8. The maximum atomic E-state index is 9.41. The van der Waals surface area contributed by atoms with Gasteiger partial charge in [-0.25, -0.2) is 4.98 Å². The predicted molar refractivity (Wildman–Crippen MR) is 106 cm³/mol. The summed E-state index contributed by atoms with van der Waals surface area (Å²) in [5, 5.41) is 9.41. The van der Waals surface area contributed by atoms with E-state index in [1.165, 1.54) is 0 Å². The minimum absolute atomic E-state index is 0.346. The van der Waals surface area contributed by atoms with Crippen LogP contribution >= 0.6 is 0 Å². The maximum Gasteiger partial charge on any atom is 0.125 e. The van der Waals surface area contributed by atoms with E-state index < -0.39 is 5.41 Å². The second-order valence-corrected chi connectivity index (χ2v) is 6.41. The molecule has 0 aliphatic rings. The van der Waals surface area contributed by atoms with Gasteiger partial charge in [0, 0.05) is 12.4 Å². The van der Waals surface area contributed by atoms with Crippen molar-refractivity contribution in [2.45, 2.75) is 11.8 Å². The van der Waals surface area contributed by atoms with Crippen LogP contribution in [-0.4, -0.2) is 9.97 Å². The number of nitrogens with zero attached hydrogens (tertiary/aromatic N) is 2. The Morgan fingerprint density at radius 3 is 1.96 bits per heavy atom. The normalized spacial score (nSPS) is 11.1. The fourth-order valence-corrected chi connectivity index (χ4v) is 3.85. The van der Waals surface area contributed by atoms with Crippen LogP contribution in [0.5, 0.6) is 0 Å². The standard InChI is InChI=1S/C24H19N3/c25-16-15-19-9-7-8-14-22(19)24(23-26-17-18-27-23,20-10-3-1-4-11-20)21-12-5-2-6-13-21/h1-14,17-18H,15H2,(H,26,27). The van der Waals surface area contributed by atoms with E-state index >= 15 is 0 Å². The zero-order chi connectivity index (χ0) is 18.5. The van der Waals surface area contributed by atoms with Gasteiger partial charge >= 0.3 is 0 Å². The van der Waals surface area contributed by atoms with E-state index in [0.29, 0.717) is 6.42 Å². The van der Waals surface area contributed by atoms with E-state index in [0.717, 1.165) is 28.1 Å². The molecule has 0 amide bonds. The lowest BCUT2D eigenvalue weighted by Crippen LogP contribution is -2.33. The molecule has 0 saturated carbocycles. The molecule has 3 nitrogen and oxygen atoms in total. The highest BCUT2D eigenvalue weighted by Crippen LogP contribution is 2.44. The third-order valence-corrected chi connectivity index (χ3v) is 4.96. The first-order valence-electron chi connectivity index (χ1n) is 8.93. The van der Waals surface area contributed by atoms with E-state index in [2.05, 4.69) is 46.4 Å². The molecule has 4 aromatic rings. The first-order chi connectivity index (χ1) is 13.4. The van der Waals surface area contributed by atoms with E-state index in [9.17, 15) is 5.26 Å². The van der Waals surface area contributed by atoms with Crippen LogP contribution in [-0.2, 0) is 11.8 Å². The van der Waals surface area contributed by atoms with Gasteiger partial charge < -0.3 is 4.98 Å². The Hall–Kier alpha value is -3.64. The Morgan fingerprint density at radius 1 is 0.815 bits per heavy atom. The van der Waals surface area contributed by atoms with E-state index in [1.54, 1.807) is 6.20 Å². The molecule has 130 valence electrons. The summed E-state index contributed by atoms with van der Waals surface area (Å²) in [7, 11) is 0. The Balaban J connectivity index is 2.15. The Morgan fingerprint density at radius 2 is 1.41 bits per heavy atom. The molecular weight excluding hydrogens is 330 g/mol. The highest BCUT2D eigenvalue weighted by atomic mass is 14.9. The van der Waals surface area contributed by atoms with Crippen LogP contribution in [0.25, 0.3) is 0 Å². The summed E-state index contributed by atoms with van der Waals surface area (Å²) < 4.78 is 0. The average molecular weight is 349 g/mol. The first-order valence-corrected chi connectivity index (χ1v) is 8.93. The molecular formula is C24H19N3. The number of benzene rings is 3. The van der Waals surface area contributed by atoms with Crippen LogP contribution in [0.15, 0.2) is 97.3 Å². The van der Waals surface area contributed by atoms with Gasteiger partial charge in [-0.3, -0.25) is 0 Å². The highest BCUT2D eigenvalue weighted by Gasteiger charge is 2.41. The van der Waals surface area contributed by atoms with Crippen LogP contribution in [0, 0.1) is 11.3 Å². The minimum Gasteiger partial charge on any atom is -0.347 e. The van der Waals surface area contributed by atoms with E-state index in [4.69, 9.17) is 0 Å². The van der Waals surface area contributed by atoms with Crippen molar-refractivity contribution in [2.24, 2.45) is 0 Å². The summed E-state index contributed by atoms with van der Waals surface area (Å²) in [6.07, 6.45) is 3.98. The second kappa shape index (κ2) is 7.31. The van der Waals surface area contributed by atoms with Gasteiger partial charge in [-0.2, -0.15) is 5.26 Å². The molecule has 3 heteroatoms. The molecule has 1 N–H and O–H groups in total. The number of aromatic amines is 1. The quantitative estimate of drug-likeness (QED) is 0.523. The van der Waals surface area contributed by atoms with Crippen LogP contribution < -0.4 is 0 Å². The molecule has 0 radical (unpaired) electrons. The molecule has 0 aliphatic carbocycles. The molecule has 0 saturated heterocycles. The molecule has 4 rings (SSSR count).